The molecule has 0 amide bonds. The van der Waals surface area contributed by atoms with Crippen LogP contribution in [0.4, 0.5) is 0 Å². The van der Waals surface area contributed by atoms with Crippen molar-refractivity contribution >= 4 is 27.9 Å². The Bertz CT molecular complexity index is 1240. The average Bonchev–Trinajstić information content (AvgIpc) is 3.09. The van der Waals surface area contributed by atoms with E-state index in [9.17, 15) is 14.7 Å². The van der Waals surface area contributed by atoms with Gasteiger partial charge in [-0.3, -0.25) is 0 Å². The number of fused-ring (bicyclic) bond motifs is 2. The molecule has 0 saturated carbocycles. The minimum atomic E-state index is -1.20. The maximum Gasteiger partial charge on any atom is 0.339 e. The maximum absolute atomic E-state index is 12.3. The summed E-state index contributed by atoms with van der Waals surface area (Å²) in [6.45, 7) is 1.79. The molecule has 0 aliphatic heterocycles. The van der Waals surface area contributed by atoms with Gasteiger partial charge in [0.25, 0.3) is 0 Å². The fourth-order valence-corrected chi connectivity index (χ4v) is 3.42. The summed E-state index contributed by atoms with van der Waals surface area (Å²) in [6, 6.07) is 11.2. The minimum absolute atomic E-state index is 0.0706. The molecule has 6 nitrogen and oxygen atoms in total. The summed E-state index contributed by atoms with van der Waals surface area (Å²) in [5, 5.41) is 12.4. The summed E-state index contributed by atoms with van der Waals surface area (Å²) in [4.78, 5) is 23.0. The van der Waals surface area contributed by atoms with Crippen LogP contribution in [-0.4, -0.2) is 13.1 Å². The van der Waals surface area contributed by atoms with E-state index < -0.39 is 11.6 Å². The number of carboxylic acid groups (broad SMARTS) is 1. The molecule has 2 heterocycles. The second-order valence-electron chi connectivity index (χ2n) is 6.59. The Morgan fingerprint density at radius 1 is 1.11 bits per heavy atom. The van der Waals surface area contributed by atoms with E-state index in [1.165, 1.54) is 0 Å². The van der Waals surface area contributed by atoms with E-state index in [1.807, 2.05) is 30.3 Å². The third-order valence-corrected chi connectivity index (χ3v) is 4.96. The van der Waals surface area contributed by atoms with E-state index in [1.54, 1.807) is 26.4 Å². The first kappa shape index (κ1) is 17.9. The van der Waals surface area contributed by atoms with Crippen LogP contribution in [0.1, 0.15) is 17.5 Å². The molecule has 0 aliphatic carbocycles. The Morgan fingerprint density at radius 2 is 1.86 bits per heavy atom. The van der Waals surface area contributed by atoms with E-state index in [2.05, 4.69) is 0 Å². The monoisotopic (exact) mass is 377 g/mol. The molecule has 4 rings (SSSR count). The molecule has 6 heteroatoms. The normalized spacial score (nSPS) is 11.2. The van der Waals surface area contributed by atoms with Gasteiger partial charge in [0.1, 0.15) is 16.9 Å². The standard InChI is InChI=1S/C22H18O6/c1-12-15(7-8-21(23)24)22(25)28-20-10-19-17(9-16(12)20)18(11-27-19)13-3-5-14(26-2)6-4-13/h3-6,9-11H,7-8H2,1-2H3,(H,23,24)/p-1. The second kappa shape index (κ2) is 6.88. The van der Waals surface area contributed by atoms with Gasteiger partial charge in [-0.2, -0.15) is 0 Å². The summed E-state index contributed by atoms with van der Waals surface area (Å²) in [7, 11) is 1.61. The third-order valence-electron chi connectivity index (χ3n) is 4.96. The van der Waals surface area contributed by atoms with Crippen LogP contribution >= 0.6 is 0 Å². The quantitative estimate of drug-likeness (QED) is 0.496. The number of methoxy groups -OCH3 is 1. The van der Waals surface area contributed by atoms with Crippen molar-refractivity contribution in [3.8, 4) is 16.9 Å². The van der Waals surface area contributed by atoms with Crippen LogP contribution in [0.25, 0.3) is 33.1 Å². The van der Waals surface area contributed by atoms with Crippen molar-refractivity contribution in [2.24, 2.45) is 0 Å². The molecule has 0 N–H and O–H groups in total. The number of benzene rings is 2. The highest BCUT2D eigenvalue weighted by atomic mass is 16.5. The Hall–Kier alpha value is -3.54. The molecular formula is C22H17O6-. The van der Waals surface area contributed by atoms with Crippen molar-refractivity contribution in [2.75, 3.05) is 7.11 Å². The van der Waals surface area contributed by atoms with E-state index in [4.69, 9.17) is 13.6 Å². The highest BCUT2D eigenvalue weighted by molar-refractivity contribution is 6.02. The van der Waals surface area contributed by atoms with Gasteiger partial charge in [0.2, 0.25) is 0 Å². The van der Waals surface area contributed by atoms with Crippen molar-refractivity contribution < 1.29 is 23.5 Å². The van der Waals surface area contributed by atoms with Crippen molar-refractivity contribution in [3.05, 3.63) is 64.2 Å². The fourth-order valence-electron chi connectivity index (χ4n) is 3.42. The zero-order valence-electron chi connectivity index (χ0n) is 15.4. The zero-order valence-corrected chi connectivity index (χ0v) is 15.4. The smallest absolute Gasteiger partial charge is 0.339 e. The molecule has 0 bridgehead atoms. The van der Waals surface area contributed by atoms with Gasteiger partial charge in [0.15, 0.2) is 0 Å². The molecule has 0 unspecified atom stereocenters. The molecular weight excluding hydrogens is 360 g/mol. The van der Waals surface area contributed by atoms with E-state index in [0.717, 1.165) is 27.6 Å². The Balaban J connectivity index is 1.89. The van der Waals surface area contributed by atoms with Crippen LogP contribution in [0.2, 0.25) is 0 Å². The number of carboxylic acids is 1. The first-order chi connectivity index (χ1) is 13.5. The highest BCUT2D eigenvalue weighted by Crippen LogP contribution is 2.35. The van der Waals surface area contributed by atoms with Gasteiger partial charge in [-0.1, -0.05) is 12.1 Å². The summed E-state index contributed by atoms with van der Waals surface area (Å²) in [6.07, 6.45) is 1.50. The molecule has 0 saturated heterocycles. The number of hydrogen-bond donors (Lipinski definition) is 0. The highest BCUT2D eigenvalue weighted by Gasteiger charge is 2.16. The van der Waals surface area contributed by atoms with Gasteiger partial charge >= 0.3 is 5.63 Å². The van der Waals surface area contributed by atoms with E-state index in [-0.39, 0.29) is 12.8 Å². The second-order valence-corrected chi connectivity index (χ2v) is 6.59. The van der Waals surface area contributed by atoms with Crippen molar-refractivity contribution in [3.63, 3.8) is 0 Å². The van der Waals surface area contributed by atoms with Gasteiger partial charge < -0.3 is 23.5 Å². The molecule has 28 heavy (non-hydrogen) atoms. The van der Waals surface area contributed by atoms with Crippen molar-refractivity contribution in [1.29, 1.82) is 0 Å². The lowest BCUT2D eigenvalue weighted by molar-refractivity contribution is -0.305. The summed E-state index contributed by atoms with van der Waals surface area (Å²) in [5.41, 5.74) is 3.40. The van der Waals surface area contributed by atoms with Gasteiger partial charge in [0, 0.05) is 33.9 Å². The number of ether oxygens (including phenoxy) is 1. The topological polar surface area (TPSA) is 92.7 Å². The zero-order chi connectivity index (χ0) is 19.8. The van der Waals surface area contributed by atoms with Crippen molar-refractivity contribution in [2.45, 2.75) is 19.8 Å². The molecule has 2 aromatic heterocycles. The predicted molar refractivity (Wildman–Crippen MR) is 102 cm³/mol. The Morgan fingerprint density at radius 3 is 2.54 bits per heavy atom. The summed E-state index contributed by atoms with van der Waals surface area (Å²) >= 11 is 0. The molecule has 0 radical (unpaired) electrons. The fraction of sp³-hybridized carbons (Fsp3) is 0.182. The molecule has 0 atom stereocenters. The van der Waals surface area contributed by atoms with E-state index in [0.29, 0.717) is 22.3 Å². The van der Waals surface area contributed by atoms with Crippen LogP contribution in [0, 0.1) is 6.92 Å². The number of aliphatic carboxylic acids is 1. The number of furan rings is 1. The van der Waals surface area contributed by atoms with Crippen LogP contribution < -0.4 is 15.5 Å². The number of rotatable bonds is 5. The van der Waals surface area contributed by atoms with Gasteiger partial charge in [0.05, 0.1) is 13.4 Å². The molecule has 0 fully saturated rings. The summed E-state index contributed by atoms with van der Waals surface area (Å²) in [5.74, 6) is -0.442. The average molecular weight is 377 g/mol. The van der Waals surface area contributed by atoms with Crippen LogP contribution in [0.5, 0.6) is 5.75 Å². The van der Waals surface area contributed by atoms with Crippen LogP contribution in [-0.2, 0) is 11.2 Å². The van der Waals surface area contributed by atoms with Gasteiger partial charge in [-0.05, 0) is 49.1 Å². The first-order valence-electron chi connectivity index (χ1n) is 8.79. The first-order valence-corrected chi connectivity index (χ1v) is 8.79. The molecule has 2 aromatic carbocycles. The SMILES string of the molecule is COc1ccc(-c2coc3cc4oc(=O)c(CCC(=O)[O-])c(C)c4cc23)cc1. The summed E-state index contributed by atoms with van der Waals surface area (Å²) < 4.78 is 16.3. The molecule has 4 aromatic rings. The third kappa shape index (κ3) is 3.03. The number of carbonyl (C=O) groups excluding carboxylic acids is 1. The predicted octanol–water partition coefficient (Wildman–Crippen LogP) is 3.21. The number of carbonyl (C=O) groups is 1. The lowest BCUT2D eigenvalue weighted by Crippen LogP contribution is -2.24. The maximum atomic E-state index is 12.3. The largest absolute Gasteiger partial charge is 0.550 e. The molecule has 142 valence electrons. The number of aryl methyl sites for hydroxylation is 1. The van der Waals surface area contributed by atoms with Crippen LogP contribution in [0.3, 0.4) is 0 Å². The van der Waals surface area contributed by atoms with E-state index >= 15 is 0 Å². The molecule has 0 aliphatic rings. The van der Waals surface area contributed by atoms with Crippen LogP contribution in [0.15, 0.2) is 56.3 Å². The Kier molecular flexibility index (Phi) is 4.39. The number of hydrogen-bond acceptors (Lipinski definition) is 6. The Labute approximate surface area is 160 Å². The lowest BCUT2D eigenvalue weighted by Gasteiger charge is -2.09. The van der Waals surface area contributed by atoms with Gasteiger partial charge in [-0.15, -0.1) is 0 Å². The lowest BCUT2D eigenvalue weighted by atomic mass is 9.99. The van der Waals surface area contributed by atoms with Gasteiger partial charge in [-0.25, -0.2) is 4.79 Å². The minimum Gasteiger partial charge on any atom is -0.550 e. The van der Waals surface area contributed by atoms with Crippen molar-refractivity contribution in [1.82, 2.24) is 0 Å². The molecule has 0 spiro atoms.